The minimum absolute atomic E-state index is 0.261. The summed E-state index contributed by atoms with van der Waals surface area (Å²) in [6, 6.07) is 0. The van der Waals surface area contributed by atoms with Crippen molar-refractivity contribution in [1.29, 1.82) is 0 Å². The Bertz CT molecular complexity index is 294. The van der Waals surface area contributed by atoms with Gasteiger partial charge in [0.2, 0.25) is 0 Å². The molecule has 0 aromatic carbocycles. The molecule has 0 heterocycles. The number of nitrogens with zero attached hydrogens (tertiary/aromatic N) is 1. The first-order valence-electron chi connectivity index (χ1n) is 7.53. The number of aliphatic carboxylic acids is 1. The highest BCUT2D eigenvalue weighted by Crippen LogP contribution is 2.38. The molecule has 1 aliphatic rings. The summed E-state index contributed by atoms with van der Waals surface area (Å²) in [4.78, 5) is 13.9. The number of carbonyl (C=O) groups is 1. The topological polar surface area (TPSA) is 52.6 Å². The molecular weight excluding hydrogens is 240 g/mol. The summed E-state index contributed by atoms with van der Waals surface area (Å²) in [5, 5.41) is 12.6. The molecule has 4 nitrogen and oxygen atoms in total. The molecule has 1 fully saturated rings. The van der Waals surface area contributed by atoms with Gasteiger partial charge < -0.3 is 15.3 Å². The Balaban J connectivity index is 2.45. The summed E-state index contributed by atoms with van der Waals surface area (Å²) >= 11 is 0. The lowest BCUT2D eigenvalue weighted by Crippen LogP contribution is -2.53. The summed E-state index contributed by atoms with van der Waals surface area (Å²) in [6.45, 7) is 6.57. The number of likely N-dealkylation sites (N-methyl/N-ethyl adjacent to an activating group) is 1. The molecule has 2 unspecified atom stereocenters. The van der Waals surface area contributed by atoms with Gasteiger partial charge in [0.05, 0.1) is 0 Å². The highest BCUT2D eigenvalue weighted by molar-refractivity contribution is 5.79. The number of nitrogens with one attached hydrogen (secondary N) is 1. The number of rotatable bonds is 8. The predicted molar refractivity (Wildman–Crippen MR) is 78.3 cm³/mol. The summed E-state index contributed by atoms with van der Waals surface area (Å²) < 4.78 is 0. The van der Waals surface area contributed by atoms with E-state index >= 15 is 0 Å². The van der Waals surface area contributed by atoms with Crippen molar-refractivity contribution in [1.82, 2.24) is 10.2 Å². The molecule has 0 aromatic heterocycles. The molecule has 1 saturated carbocycles. The molecule has 1 rings (SSSR count). The van der Waals surface area contributed by atoms with Gasteiger partial charge in [0.15, 0.2) is 0 Å². The minimum atomic E-state index is -0.682. The first-order chi connectivity index (χ1) is 8.92. The van der Waals surface area contributed by atoms with Gasteiger partial charge in [0.1, 0.15) is 5.54 Å². The fourth-order valence-corrected chi connectivity index (χ4v) is 3.15. The minimum Gasteiger partial charge on any atom is -0.480 e. The van der Waals surface area contributed by atoms with Crippen molar-refractivity contribution in [3.63, 3.8) is 0 Å². The van der Waals surface area contributed by atoms with Crippen LogP contribution in [-0.4, -0.2) is 48.7 Å². The third-order valence-corrected chi connectivity index (χ3v) is 4.60. The van der Waals surface area contributed by atoms with Gasteiger partial charge in [-0.3, -0.25) is 4.79 Å². The van der Waals surface area contributed by atoms with E-state index in [2.05, 4.69) is 31.1 Å². The normalized spacial score (nSPS) is 27.4. The average Bonchev–Trinajstić information content (AvgIpc) is 2.77. The predicted octanol–water partition coefficient (Wildman–Crippen LogP) is 2.20. The second-order valence-electron chi connectivity index (χ2n) is 6.39. The van der Waals surface area contributed by atoms with Crippen LogP contribution in [0.3, 0.4) is 0 Å². The highest BCUT2D eigenvalue weighted by atomic mass is 16.4. The smallest absolute Gasteiger partial charge is 0.324 e. The van der Waals surface area contributed by atoms with Gasteiger partial charge in [-0.1, -0.05) is 20.3 Å². The maximum atomic E-state index is 11.5. The summed E-state index contributed by atoms with van der Waals surface area (Å²) in [5.74, 6) is 0.309. The molecule has 19 heavy (non-hydrogen) atoms. The fourth-order valence-electron chi connectivity index (χ4n) is 3.15. The number of hydrogen-bond acceptors (Lipinski definition) is 3. The molecular formula is C15H30N2O2. The second kappa shape index (κ2) is 7.25. The monoisotopic (exact) mass is 270 g/mol. The van der Waals surface area contributed by atoms with E-state index in [1.165, 1.54) is 6.42 Å². The third-order valence-electron chi connectivity index (χ3n) is 4.60. The zero-order valence-corrected chi connectivity index (χ0v) is 12.9. The molecule has 4 heteroatoms. The van der Waals surface area contributed by atoms with E-state index in [-0.39, 0.29) is 5.92 Å². The van der Waals surface area contributed by atoms with Gasteiger partial charge in [0.25, 0.3) is 0 Å². The second-order valence-corrected chi connectivity index (χ2v) is 6.39. The Kier molecular flexibility index (Phi) is 6.27. The van der Waals surface area contributed by atoms with E-state index in [4.69, 9.17) is 0 Å². The number of hydrogen-bond donors (Lipinski definition) is 2. The van der Waals surface area contributed by atoms with Crippen LogP contribution >= 0.6 is 0 Å². The molecule has 2 N–H and O–H groups in total. The quantitative estimate of drug-likeness (QED) is 0.710. The summed E-state index contributed by atoms with van der Waals surface area (Å²) in [6.07, 6.45) is 5.00. The van der Waals surface area contributed by atoms with Crippen LogP contribution in [0.4, 0.5) is 0 Å². The number of carboxylic acid groups (broad SMARTS) is 1. The van der Waals surface area contributed by atoms with Crippen LogP contribution in [0.15, 0.2) is 0 Å². The van der Waals surface area contributed by atoms with Crippen molar-refractivity contribution in [3.05, 3.63) is 0 Å². The molecule has 0 radical (unpaired) electrons. The lowest BCUT2D eigenvalue weighted by Gasteiger charge is -2.32. The Hall–Kier alpha value is -0.610. The molecule has 1 aliphatic carbocycles. The van der Waals surface area contributed by atoms with Gasteiger partial charge in [-0.15, -0.1) is 0 Å². The molecule has 0 spiro atoms. The Morgan fingerprint density at radius 2 is 2.16 bits per heavy atom. The van der Waals surface area contributed by atoms with Crippen molar-refractivity contribution in [2.24, 2.45) is 11.8 Å². The van der Waals surface area contributed by atoms with Gasteiger partial charge in [-0.2, -0.15) is 0 Å². The zero-order chi connectivity index (χ0) is 14.5. The lowest BCUT2D eigenvalue weighted by molar-refractivity contribution is -0.146. The van der Waals surface area contributed by atoms with E-state index < -0.39 is 11.5 Å². The molecule has 112 valence electrons. The van der Waals surface area contributed by atoms with E-state index in [9.17, 15) is 9.90 Å². The third kappa shape index (κ3) is 4.18. The van der Waals surface area contributed by atoms with Crippen LogP contribution in [0.25, 0.3) is 0 Å². The van der Waals surface area contributed by atoms with Crippen LogP contribution in [0.2, 0.25) is 0 Å². The molecule has 0 amide bonds. The SMILES string of the molecule is CNC1(C(=O)O)CCCC1CCN(C)CCC(C)C. The number of carboxylic acids is 1. The fraction of sp³-hybridized carbons (Fsp3) is 0.933. The van der Waals surface area contributed by atoms with Crippen molar-refractivity contribution in [2.75, 3.05) is 27.2 Å². The Morgan fingerprint density at radius 1 is 1.47 bits per heavy atom. The van der Waals surface area contributed by atoms with Crippen LogP contribution in [0.5, 0.6) is 0 Å². The Labute approximate surface area is 117 Å². The van der Waals surface area contributed by atoms with E-state index in [1.54, 1.807) is 7.05 Å². The van der Waals surface area contributed by atoms with Crippen LogP contribution in [0.1, 0.15) is 46.0 Å². The van der Waals surface area contributed by atoms with Crippen molar-refractivity contribution in [2.45, 2.75) is 51.5 Å². The molecule has 0 aromatic rings. The zero-order valence-electron chi connectivity index (χ0n) is 12.9. The summed E-state index contributed by atoms with van der Waals surface area (Å²) in [5.41, 5.74) is -0.682. The maximum Gasteiger partial charge on any atom is 0.324 e. The average molecular weight is 270 g/mol. The standard InChI is InChI=1S/C15H30N2O2/c1-12(2)7-10-17(4)11-8-13-6-5-9-15(13,16-3)14(18)19/h12-13,16H,5-11H2,1-4H3,(H,18,19). The van der Waals surface area contributed by atoms with Crippen LogP contribution in [-0.2, 0) is 4.79 Å². The molecule has 0 aliphatic heterocycles. The van der Waals surface area contributed by atoms with E-state index in [1.807, 2.05) is 0 Å². The first-order valence-corrected chi connectivity index (χ1v) is 7.53. The van der Waals surface area contributed by atoms with Crippen LogP contribution < -0.4 is 5.32 Å². The van der Waals surface area contributed by atoms with Crippen molar-refractivity contribution < 1.29 is 9.90 Å². The van der Waals surface area contributed by atoms with Crippen LogP contribution in [0, 0.1) is 11.8 Å². The Morgan fingerprint density at radius 3 is 2.68 bits per heavy atom. The molecule has 0 saturated heterocycles. The van der Waals surface area contributed by atoms with E-state index in [0.717, 1.165) is 44.7 Å². The largest absolute Gasteiger partial charge is 0.480 e. The molecule has 0 bridgehead atoms. The lowest BCUT2D eigenvalue weighted by atomic mass is 9.84. The van der Waals surface area contributed by atoms with Crippen molar-refractivity contribution in [3.8, 4) is 0 Å². The molecule has 2 atom stereocenters. The van der Waals surface area contributed by atoms with E-state index in [0.29, 0.717) is 0 Å². The van der Waals surface area contributed by atoms with Gasteiger partial charge in [0, 0.05) is 0 Å². The van der Waals surface area contributed by atoms with Gasteiger partial charge in [-0.25, -0.2) is 0 Å². The van der Waals surface area contributed by atoms with Gasteiger partial charge in [-0.05, 0) is 64.7 Å². The maximum absolute atomic E-state index is 11.5. The highest BCUT2D eigenvalue weighted by Gasteiger charge is 2.47. The summed E-state index contributed by atoms with van der Waals surface area (Å²) in [7, 11) is 3.92. The van der Waals surface area contributed by atoms with Gasteiger partial charge >= 0.3 is 5.97 Å². The first kappa shape index (κ1) is 16.4. The van der Waals surface area contributed by atoms with Crippen molar-refractivity contribution >= 4 is 5.97 Å².